The van der Waals surface area contributed by atoms with Crippen molar-refractivity contribution < 1.29 is 14.3 Å². The highest BCUT2D eigenvalue weighted by molar-refractivity contribution is 6.34. The van der Waals surface area contributed by atoms with Gasteiger partial charge in [-0.3, -0.25) is 15.0 Å². The van der Waals surface area contributed by atoms with Crippen molar-refractivity contribution in [3.63, 3.8) is 0 Å². The van der Waals surface area contributed by atoms with Gasteiger partial charge in [0.1, 0.15) is 6.61 Å². The van der Waals surface area contributed by atoms with Crippen LogP contribution in [0.1, 0.15) is 21.5 Å². The van der Waals surface area contributed by atoms with Gasteiger partial charge in [0.05, 0.1) is 10.6 Å². The first-order valence-electron chi connectivity index (χ1n) is 11.5. The summed E-state index contributed by atoms with van der Waals surface area (Å²) in [6.07, 6.45) is 0.359. The van der Waals surface area contributed by atoms with Gasteiger partial charge in [0.2, 0.25) is 0 Å². The summed E-state index contributed by atoms with van der Waals surface area (Å²) in [5, 5.41) is 3.69. The van der Waals surface area contributed by atoms with Crippen molar-refractivity contribution in [3.05, 3.63) is 99.5 Å². The Bertz CT molecular complexity index is 1150. The number of piperazine rings is 1. The number of ether oxygens (including phenoxy) is 1. The van der Waals surface area contributed by atoms with Crippen LogP contribution in [0.5, 0.6) is 0 Å². The summed E-state index contributed by atoms with van der Waals surface area (Å²) in [5.74, 6) is -0.106. The maximum atomic E-state index is 13.0. The number of hydrogen-bond acceptors (Lipinski definition) is 4. The fourth-order valence-electron chi connectivity index (χ4n) is 3.93. The van der Waals surface area contributed by atoms with Crippen LogP contribution in [0, 0.1) is 0 Å². The standard InChI is InChI=1S/C27H27Cl2N3O3.ClH/c28-22-8-6-20(7-9-22)12-13-31-14-16-32(17-15-31)26(33)24-11-10-23(18-25(24)29)30-27(34)35-19-21-4-2-1-3-5-21;/h1-11,18H,12-17,19H2,(H,30,34);1H. The smallest absolute Gasteiger partial charge is 0.411 e. The molecule has 1 fully saturated rings. The van der Waals surface area contributed by atoms with E-state index in [0.717, 1.165) is 36.6 Å². The molecule has 1 aliphatic heterocycles. The molecule has 190 valence electrons. The van der Waals surface area contributed by atoms with E-state index in [1.54, 1.807) is 18.2 Å². The van der Waals surface area contributed by atoms with Gasteiger partial charge in [0.15, 0.2) is 0 Å². The van der Waals surface area contributed by atoms with Crippen LogP contribution in [-0.4, -0.2) is 54.5 Å². The summed E-state index contributed by atoms with van der Waals surface area (Å²) in [4.78, 5) is 29.3. The van der Waals surface area contributed by atoms with Crippen LogP contribution in [-0.2, 0) is 17.8 Å². The minimum Gasteiger partial charge on any atom is -0.444 e. The van der Waals surface area contributed by atoms with Crippen molar-refractivity contribution in [3.8, 4) is 0 Å². The molecule has 1 saturated heterocycles. The van der Waals surface area contributed by atoms with Gasteiger partial charge in [-0.05, 0) is 47.9 Å². The van der Waals surface area contributed by atoms with Crippen LogP contribution in [0.4, 0.5) is 10.5 Å². The Kier molecular flexibility index (Phi) is 10.4. The van der Waals surface area contributed by atoms with Crippen LogP contribution in [0.2, 0.25) is 10.0 Å². The molecule has 6 nitrogen and oxygen atoms in total. The zero-order valence-corrected chi connectivity index (χ0v) is 22.0. The van der Waals surface area contributed by atoms with E-state index < -0.39 is 6.09 Å². The van der Waals surface area contributed by atoms with Gasteiger partial charge in [0, 0.05) is 43.4 Å². The molecular formula is C27H28Cl3N3O3. The molecule has 0 bridgehead atoms. The van der Waals surface area contributed by atoms with E-state index in [1.165, 1.54) is 5.56 Å². The molecule has 3 aromatic rings. The molecule has 0 saturated carbocycles. The number of nitrogens with zero attached hydrogens (tertiary/aromatic N) is 2. The molecule has 0 aromatic heterocycles. The second kappa shape index (κ2) is 13.5. The van der Waals surface area contributed by atoms with Crippen molar-refractivity contribution in [2.45, 2.75) is 13.0 Å². The monoisotopic (exact) mass is 547 g/mol. The minimum atomic E-state index is -0.585. The van der Waals surface area contributed by atoms with Crippen LogP contribution in [0.15, 0.2) is 72.8 Å². The number of halogens is 3. The van der Waals surface area contributed by atoms with E-state index in [-0.39, 0.29) is 24.9 Å². The maximum Gasteiger partial charge on any atom is 0.411 e. The molecular weight excluding hydrogens is 521 g/mol. The van der Waals surface area contributed by atoms with E-state index in [4.69, 9.17) is 27.9 Å². The molecule has 1 aliphatic rings. The zero-order chi connectivity index (χ0) is 24.6. The molecule has 0 unspecified atom stereocenters. The third-order valence-corrected chi connectivity index (χ3v) is 6.51. The van der Waals surface area contributed by atoms with Crippen molar-refractivity contribution in [2.24, 2.45) is 0 Å². The largest absolute Gasteiger partial charge is 0.444 e. The topological polar surface area (TPSA) is 61.9 Å². The molecule has 1 N–H and O–H groups in total. The van der Waals surface area contributed by atoms with Crippen LogP contribution < -0.4 is 5.32 Å². The predicted octanol–water partition coefficient (Wildman–Crippen LogP) is 6.16. The van der Waals surface area contributed by atoms with Gasteiger partial charge >= 0.3 is 6.09 Å². The first kappa shape index (κ1) is 27.8. The van der Waals surface area contributed by atoms with E-state index in [9.17, 15) is 9.59 Å². The summed E-state index contributed by atoms with van der Waals surface area (Å²) in [7, 11) is 0. The first-order chi connectivity index (χ1) is 17.0. The molecule has 2 amide bonds. The first-order valence-corrected chi connectivity index (χ1v) is 12.3. The molecule has 0 radical (unpaired) electrons. The van der Waals surface area contributed by atoms with Crippen molar-refractivity contribution in [1.82, 2.24) is 9.80 Å². The van der Waals surface area contributed by atoms with Crippen molar-refractivity contribution in [2.75, 3.05) is 38.0 Å². The Hall–Kier alpha value is -2.77. The SMILES string of the molecule is Cl.O=C(Nc1ccc(C(=O)N2CCN(CCc3ccc(Cl)cc3)CC2)c(Cl)c1)OCc1ccccc1. The van der Waals surface area contributed by atoms with Crippen molar-refractivity contribution >= 4 is 53.3 Å². The highest BCUT2D eigenvalue weighted by atomic mass is 35.5. The number of hydrogen-bond donors (Lipinski definition) is 1. The summed E-state index contributed by atoms with van der Waals surface area (Å²) in [5.41, 5.74) is 3.03. The molecule has 0 spiro atoms. The average molecular weight is 549 g/mol. The molecule has 9 heteroatoms. The van der Waals surface area contributed by atoms with E-state index >= 15 is 0 Å². The van der Waals surface area contributed by atoms with E-state index in [2.05, 4.69) is 10.2 Å². The summed E-state index contributed by atoms with van der Waals surface area (Å²) in [6.45, 7) is 4.00. The number of anilines is 1. The fraction of sp³-hybridized carbons (Fsp3) is 0.259. The van der Waals surface area contributed by atoms with Gasteiger partial charge in [-0.25, -0.2) is 4.79 Å². The highest BCUT2D eigenvalue weighted by Crippen LogP contribution is 2.23. The number of carbonyl (C=O) groups is 2. The van der Waals surface area contributed by atoms with Crippen LogP contribution in [0.3, 0.4) is 0 Å². The second-order valence-electron chi connectivity index (χ2n) is 8.39. The molecule has 1 heterocycles. The van der Waals surface area contributed by atoms with Gasteiger partial charge < -0.3 is 9.64 Å². The Morgan fingerprint density at radius 1 is 0.861 bits per heavy atom. The van der Waals surface area contributed by atoms with Gasteiger partial charge in [-0.15, -0.1) is 12.4 Å². The highest BCUT2D eigenvalue weighted by Gasteiger charge is 2.23. The van der Waals surface area contributed by atoms with Gasteiger partial charge in [-0.2, -0.15) is 0 Å². The summed E-state index contributed by atoms with van der Waals surface area (Å²) >= 11 is 12.3. The summed E-state index contributed by atoms with van der Waals surface area (Å²) < 4.78 is 5.23. The third-order valence-electron chi connectivity index (χ3n) is 5.95. The molecule has 4 rings (SSSR count). The van der Waals surface area contributed by atoms with Crippen LogP contribution >= 0.6 is 35.6 Å². The number of rotatable bonds is 7. The minimum absolute atomic E-state index is 0. The molecule has 0 atom stereocenters. The predicted molar refractivity (Wildman–Crippen MR) is 146 cm³/mol. The number of amides is 2. The molecule has 0 aliphatic carbocycles. The molecule has 3 aromatic carbocycles. The number of carbonyl (C=O) groups excluding carboxylic acids is 2. The Morgan fingerprint density at radius 3 is 2.22 bits per heavy atom. The lowest BCUT2D eigenvalue weighted by atomic mass is 10.1. The number of nitrogens with one attached hydrogen (secondary N) is 1. The number of benzene rings is 3. The molecule has 36 heavy (non-hydrogen) atoms. The van der Waals surface area contributed by atoms with Gasteiger partial charge in [0.25, 0.3) is 5.91 Å². The van der Waals surface area contributed by atoms with Crippen LogP contribution in [0.25, 0.3) is 0 Å². The Morgan fingerprint density at radius 2 is 1.56 bits per heavy atom. The van der Waals surface area contributed by atoms with E-state index in [1.807, 2.05) is 59.5 Å². The van der Waals surface area contributed by atoms with Crippen molar-refractivity contribution in [1.29, 1.82) is 0 Å². The quantitative estimate of drug-likeness (QED) is 0.384. The second-order valence-corrected chi connectivity index (χ2v) is 9.24. The lowest BCUT2D eigenvalue weighted by molar-refractivity contribution is 0.0638. The maximum absolute atomic E-state index is 13.0. The fourth-order valence-corrected chi connectivity index (χ4v) is 4.31. The lowest BCUT2D eigenvalue weighted by Gasteiger charge is -2.35. The van der Waals surface area contributed by atoms with E-state index in [0.29, 0.717) is 29.4 Å². The normalized spacial score (nSPS) is 13.6. The Labute approximate surface area is 227 Å². The zero-order valence-electron chi connectivity index (χ0n) is 19.7. The summed E-state index contributed by atoms with van der Waals surface area (Å²) in [6, 6.07) is 22.2. The third kappa shape index (κ3) is 7.87. The lowest BCUT2D eigenvalue weighted by Crippen LogP contribution is -2.49. The van der Waals surface area contributed by atoms with Gasteiger partial charge in [-0.1, -0.05) is 65.7 Å². The Balaban J connectivity index is 0.00000361. The average Bonchev–Trinajstić information content (AvgIpc) is 2.88.